The van der Waals surface area contributed by atoms with Crippen LogP contribution in [0.5, 0.6) is 0 Å². The molecule has 0 saturated heterocycles. The first-order valence-electron chi connectivity index (χ1n) is 4.27. The van der Waals surface area contributed by atoms with Crippen LogP contribution in [0.2, 0.25) is 0 Å². The Balaban J connectivity index is 0.000000671. The van der Waals surface area contributed by atoms with Crippen molar-refractivity contribution in [1.82, 2.24) is 0 Å². The summed E-state index contributed by atoms with van der Waals surface area (Å²) in [4.78, 5) is 0.378. The molecule has 0 fully saturated rings. The number of hydrogen-bond acceptors (Lipinski definition) is 2. The predicted octanol–water partition coefficient (Wildman–Crippen LogP) is 2.42. The van der Waals surface area contributed by atoms with Crippen molar-refractivity contribution >= 4 is 9.84 Å². The average Bonchev–Trinajstić information content (AvgIpc) is 2.07. The van der Waals surface area contributed by atoms with Gasteiger partial charge in [0.05, 0.1) is 4.90 Å². The van der Waals surface area contributed by atoms with Crippen LogP contribution in [-0.2, 0) is 9.84 Å². The molecular formula is C10H16O2S. The highest BCUT2D eigenvalue weighted by Gasteiger charge is 2.04. The summed E-state index contributed by atoms with van der Waals surface area (Å²) in [5.41, 5.74) is 1.07. The van der Waals surface area contributed by atoms with Crippen LogP contribution < -0.4 is 0 Å². The summed E-state index contributed by atoms with van der Waals surface area (Å²) in [6.45, 7) is 5.92. The monoisotopic (exact) mass is 200 g/mol. The van der Waals surface area contributed by atoms with Crippen LogP contribution in [0.4, 0.5) is 0 Å². The lowest BCUT2D eigenvalue weighted by Crippen LogP contribution is -1.95. The Kier molecular flexibility index (Phi) is 4.70. The smallest absolute Gasteiger partial charge is 0.175 e. The van der Waals surface area contributed by atoms with Gasteiger partial charge >= 0.3 is 0 Å². The lowest BCUT2D eigenvalue weighted by Gasteiger charge is -1.96. The van der Waals surface area contributed by atoms with Gasteiger partial charge in [0.1, 0.15) is 0 Å². The standard InChI is InChI=1S/C8H10O2S.C2H6/c1-7-3-5-8(6-4-7)11(2,9)10;1-2/h3-6H,1-2H3;1-2H3. The van der Waals surface area contributed by atoms with Crippen LogP contribution >= 0.6 is 0 Å². The van der Waals surface area contributed by atoms with E-state index in [0.717, 1.165) is 5.56 Å². The normalized spacial score (nSPS) is 10.2. The van der Waals surface area contributed by atoms with E-state index in [9.17, 15) is 8.42 Å². The fourth-order valence-electron chi connectivity index (χ4n) is 0.785. The third-order valence-electron chi connectivity index (χ3n) is 1.45. The SMILES string of the molecule is CC.Cc1ccc(S(C)(=O)=O)cc1. The molecule has 0 aliphatic carbocycles. The third kappa shape index (κ3) is 4.08. The fraction of sp³-hybridized carbons (Fsp3) is 0.400. The first-order valence-corrected chi connectivity index (χ1v) is 6.16. The van der Waals surface area contributed by atoms with Crippen molar-refractivity contribution in [2.24, 2.45) is 0 Å². The molecular weight excluding hydrogens is 184 g/mol. The van der Waals surface area contributed by atoms with Gasteiger partial charge in [-0.1, -0.05) is 31.5 Å². The van der Waals surface area contributed by atoms with Gasteiger partial charge in [0.15, 0.2) is 9.84 Å². The number of sulfone groups is 1. The molecule has 0 bridgehead atoms. The number of aryl methyl sites for hydroxylation is 1. The van der Waals surface area contributed by atoms with E-state index in [1.807, 2.05) is 20.8 Å². The molecule has 0 unspecified atom stereocenters. The van der Waals surface area contributed by atoms with Gasteiger partial charge in [0.2, 0.25) is 0 Å². The molecule has 74 valence electrons. The van der Waals surface area contributed by atoms with Crippen LogP contribution in [0.15, 0.2) is 29.2 Å². The quantitative estimate of drug-likeness (QED) is 0.697. The molecule has 0 aliphatic rings. The Morgan fingerprint density at radius 3 is 1.69 bits per heavy atom. The van der Waals surface area contributed by atoms with E-state index in [1.54, 1.807) is 24.3 Å². The van der Waals surface area contributed by atoms with E-state index in [0.29, 0.717) is 4.90 Å². The molecule has 0 heterocycles. The van der Waals surface area contributed by atoms with Gasteiger partial charge in [-0.05, 0) is 19.1 Å². The van der Waals surface area contributed by atoms with E-state index < -0.39 is 9.84 Å². The van der Waals surface area contributed by atoms with Gasteiger partial charge in [-0.2, -0.15) is 0 Å². The molecule has 0 aliphatic heterocycles. The molecule has 1 aromatic rings. The molecule has 0 atom stereocenters. The predicted molar refractivity (Wildman–Crippen MR) is 55.6 cm³/mol. The number of hydrogen-bond donors (Lipinski definition) is 0. The van der Waals surface area contributed by atoms with Crippen molar-refractivity contribution in [3.8, 4) is 0 Å². The minimum atomic E-state index is -3.02. The van der Waals surface area contributed by atoms with Gasteiger partial charge in [0.25, 0.3) is 0 Å². The Morgan fingerprint density at radius 2 is 1.38 bits per heavy atom. The highest BCUT2D eigenvalue weighted by molar-refractivity contribution is 7.90. The molecule has 0 spiro atoms. The van der Waals surface area contributed by atoms with Crippen molar-refractivity contribution in [1.29, 1.82) is 0 Å². The van der Waals surface area contributed by atoms with Gasteiger partial charge in [-0.15, -0.1) is 0 Å². The first kappa shape index (κ1) is 12.2. The van der Waals surface area contributed by atoms with Gasteiger partial charge in [0, 0.05) is 6.26 Å². The van der Waals surface area contributed by atoms with Crippen LogP contribution in [0.25, 0.3) is 0 Å². The molecule has 1 aromatic carbocycles. The Hall–Kier alpha value is -0.830. The second-order valence-electron chi connectivity index (χ2n) is 2.59. The Morgan fingerprint density at radius 1 is 1.00 bits per heavy atom. The average molecular weight is 200 g/mol. The summed E-state index contributed by atoms with van der Waals surface area (Å²) in [6, 6.07) is 6.81. The van der Waals surface area contributed by atoms with E-state index in [1.165, 1.54) is 6.26 Å². The van der Waals surface area contributed by atoms with Crippen LogP contribution in [-0.4, -0.2) is 14.7 Å². The Labute approximate surface area is 80.5 Å². The topological polar surface area (TPSA) is 34.1 Å². The van der Waals surface area contributed by atoms with Gasteiger partial charge in [-0.25, -0.2) is 8.42 Å². The van der Waals surface area contributed by atoms with Crippen LogP contribution in [0.3, 0.4) is 0 Å². The number of benzene rings is 1. The molecule has 0 aromatic heterocycles. The molecule has 0 saturated carbocycles. The summed E-state index contributed by atoms with van der Waals surface area (Å²) in [7, 11) is -3.02. The summed E-state index contributed by atoms with van der Waals surface area (Å²) in [5.74, 6) is 0. The highest BCUT2D eigenvalue weighted by Crippen LogP contribution is 2.08. The second-order valence-corrected chi connectivity index (χ2v) is 4.60. The first-order chi connectivity index (χ1) is 6.00. The maximum Gasteiger partial charge on any atom is 0.175 e. The van der Waals surface area contributed by atoms with E-state index >= 15 is 0 Å². The molecule has 0 N–H and O–H groups in total. The van der Waals surface area contributed by atoms with E-state index in [2.05, 4.69) is 0 Å². The molecule has 0 amide bonds. The van der Waals surface area contributed by atoms with E-state index in [4.69, 9.17) is 0 Å². The van der Waals surface area contributed by atoms with Gasteiger partial charge < -0.3 is 0 Å². The zero-order valence-corrected chi connectivity index (χ0v) is 9.35. The van der Waals surface area contributed by atoms with Gasteiger partial charge in [-0.3, -0.25) is 0 Å². The van der Waals surface area contributed by atoms with Crippen LogP contribution in [0, 0.1) is 6.92 Å². The minimum absolute atomic E-state index is 0.378. The van der Waals surface area contributed by atoms with E-state index in [-0.39, 0.29) is 0 Å². The van der Waals surface area contributed by atoms with Crippen molar-refractivity contribution < 1.29 is 8.42 Å². The number of rotatable bonds is 1. The maximum atomic E-state index is 10.9. The van der Waals surface area contributed by atoms with Crippen molar-refractivity contribution in [3.63, 3.8) is 0 Å². The highest BCUT2D eigenvalue weighted by atomic mass is 32.2. The molecule has 13 heavy (non-hydrogen) atoms. The molecule has 3 heteroatoms. The molecule has 0 radical (unpaired) electrons. The van der Waals surface area contributed by atoms with Crippen LogP contribution in [0.1, 0.15) is 19.4 Å². The minimum Gasteiger partial charge on any atom is -0.224 e. The zero-order valence-electron chi connectivity index (χ0n) is 8.53. The largest absolute Gasteiger partial charge is 0.224 e. The van der Waals surface area contributed by atoms with Crippen molar-refractivity contribution in [2.45, 2.75) is 25.7 Å². The Bertz CT molecular complexity index is 336. The second kappa shape index (κ2) is 5.02. The zero-order chi connectivity index (χ0) is 10.5. The summed E-state index contributed by atoms with van der Waals surface area (Å²) in [6.07, 6.45) is 1.21. The third-order valence-corrected chi connectivity index (χ3v) is 2.58. The summed E-state index contributed by atoms with van der Waals surface area (Å²) in [5, 5.41) is 0. The van der Waals surface area contributed by atoms with Crippen molar-refractivity contribution in [3.05, 3.63) is 29.8 Å². The lowest BCUT2D eigenvalue weighted by molar-refractivity contribution is 0.602. The summed E-state index contributed by atoms with van der Waals surface area (Å²) >= 11 is 0. The maximum absolute atomic E-state index is 10.9. The summed E-state index contributed by atoms with van der Waals surface area (Å²) < 4.78 is 21.9. The van der Waals surface area contributed by atoms with Crippen molar-refractivity contribution in [2.75, 3.05) is 6.26 Å². The molecule has 2 nitrogen and oxygen atoms in total. The molecule has 1 rings (SSSR count). The fourth-order valence-corrected chi connectivity index (χ4v) is 1.42. The lowest BCUT2D eigenvalue weighted by atomic mass is 10.2.